The Balaban J connectivity index is 3.28. The number of hydrogen-bond donors (Lipinski definition) is 2. The van der Waals surface area contributed by atoms with Gasteiger partial charge in [-0.25, -0.2) is 0 Å². The van der Waals surface area contributed by atoms with Crippen molar-refractivity contribution >= 4 is 28.8 Å². The standard InChI is InChI=1S/C13H16F3N3OS/c1-3-19(7-11(20)18-2)10-5-4-8(13(14,15)16)6-9(10)12(17)21/h4-6H,3,7H2,1-2H3,(H2,17,21)(H,18,20). The summed E-state index contributed by atoms with van der Waals surface area (Å²) in [7, 11) is 1.48. The lowest BCUT2D eigenvalue weighted by Crippen LogP contribution is -2.36. The normalized spacial score (nSPS) is 11.1. The third-order valence-corrected chi connectivity index (χ3v) is 3.14. The molecule has 4 nitrogen and oxygen atoms in total. The lowest BCUT2D eigenvalue weighted by atomic mass is 10.1. The van der Waals surface area contributed by atoms with Crippen LogP contribution in [-0.4, -0.2) is 31.0 Å². The number of carbonyl (C=O) groups excluding carboxylic acids is 1. The zero-order valence-electron chi connectivity index (χ0n) is 11.6. The number of alkyl halides is 3. The molecule has 0 aliphatic heterocycles. The summed E-state index contributed by atoms with van der Waals surface area (Å²) in [6, 6.07) is 3.14. The lowest BCUT2D eigenvalue weighted by Gasteiger charge is -2.25. The topological polar surface area (TPSA) is 58.4 Å². The number of nitrogens with zero attached hydrogens (tertiary/aromatic N) is 1. The molecule has 0 fully saturated rings. The Kier molecular flexibility index (Phi) is 5.54. The molecule has 116 valence electrons. The van der Waals surface area contributed by atoms with Crippen molar-refractivity contribution in [3.63, 3.8) is 0 Å². The Hall–Kier alpha value is -1.83. The molecule has 0 radical (unpaired) electrons. The molecule has 0 aliphatic rings. The van der Waals surface area contributed by atoms with E-state index in [1.54, 1.807) is 11.8 Å². The second-order valence-electron chi connectivity index (χ2n) is 4.28. The Morgan fingerprint density at radius 2 is 2.05 bits per heavy atom. The Morgan fingerprint density at radius 1 is 1.43 bits per heavy atom. The van der Waals surface area contributed by atoms with Gasteiger partial charge in [-0.3, -0.25) is 4.79 Å². The summed E-state index contributed by atoms with van der Waals surface area (Å²) in [5.74, 6) is -0.259. The quantitative estimate of drug-likeness (QED) is 0.814. The van der Waals surface area contributed by atoms with E-state index in [4.69, 9.17) is 18.0 Å². The molecular weight excluding hydrogens is 303 g/mol. The van der Waals surface area contributed by atoms with Crippen LogP contribution in [0.3, 0.4) is 0 Å². The fourth-order valence-electron chi connectivity index (χ4n) is 1.81. The first-order chi connectivity index (χ1) is 9.70. The van der Waals surface area contributed by atoms with Crippen LogP contribution in [0.2, 0.25) is 0 Å². The van der Waals surface area contributed by atoms with Gasteiger partial charge in [0.15, 0.2) is 0 Å². The van der Waals surface area contributed by atoms with E-state index in [1.807, 2.05) is 0 Å². The summed E-state index contributed by atoms with van der Waals surface area (Å²) in [5.41, 5.74) is 5.20. The van der Waals surface area contributed by atoms with Crippen molar-refractivity contribution < 1.29 is 18.0 Å². The molecule has 0 aliphatic carbocycles. The predicted octanol–water partition coefficient (Wildman–Crippen LogP) is 1.91. The molecule has 8 heteroatoms. The fraction of sp³-hybridized carbons (Fsp3) is 0.385. The van der Waals surface area contributed by atoms with Gasteiger partial charge < -0.3 is 16.0 Å². The van der Waals surface area contributed by atoms with Crippen molar-refractivity contribution in [3.05, 3.63) is 29.3 Å². The number of thiocarbonyl (C=S) groups is 1. The van der Waals surface area contributed by atoms with E-state index < -0.39 is 11.7 Å². The first-order valence-corrected chi connectivity index (χ1v) is 6.58. The van der Waals surface area contributed by atoms with E-state index in [0.29, 0.717) is 12.2 Å². The van der Waals surface area contributed by atoms with Crippen molar-refractivity contribution in [3.8, 4) is 0 Å². The summed E-state index contributed by atoms with van der Waals surface area (Å²) in [4.78, 5) is 12.9. The highest BCUT2D eigenvalue weighted by molar-refractivity contribution is 7.80. The van der Waals surface area contributed by atoms with Crippen molar-refractivity contribution in [2.75, 3.05) is 25.0 Å². The van der Waals surface area contributed by atoms with E-state index in [9.17, 15) is 18.0 Å². The van der Waals surface area contributed by atoms with Gasteiger partial charge in [0.25, 0.3) is 0 Å². The molecule has 0 aromatic heterocycles. The highest BCUT2D eigenvalue weighted by atomic mass is 32.1. The molecule has 1 aromatic carbocycles. The smallest absolute Gasteiger partial charge is 0.389 e. The molecule has 0 heterocycles. The van der Waals surface area contributed by atoms with Crippen LogP contribution in [0.15, 0.2) is 18.2 Å². The predicted molar refractivity (Wildman–Crippen MR) is 79.3 cm³/mol. The molecule has 21 heavy (non-hydrogen) atoms. The summed E-state index contributed by atoms with van der Waals surface area (Å²) in [6.07, 6.45) is -4.48. The van der Waals surface area contributed by atoms with Crippen LogP contribution >= 0.6 is 12.2 Å². The van der Waals surface area contributed by atoms with E-state index in [1.165, 1.54) is 13.1 Å². The number of nitrogens with one attached hydrogen (secondary N) is 1. The minimum absolute atomic E-state index is 0.00791. The molecule has 0 unspecified atom stereocenters. The molecule has 0 saturated heterocycles. The number of rotatable bonds is 5. The Labute approximate surface area is 126 Å². The minimum Gasteiger partial charge on any atom is -0.389 e. The number of likely N-dealkylation sites (N-methyl/N-ethyl adjacent to an activating group) is 2. The number of carbonyl (C=O) groups is 1. The molecule has 1 aromatic rings. The average Bonchev–Trinajstić information content (AvgIpc) is 2.42. The van der Waals surface area contributed by atoms with Gasteiger partial charge in [0, 0.05) is 24.8 Å². The zero-order chi connectivity index (χ0) is 16.2. The van der Waals surface area contributed by atoms with Gasteiger partial charge in [-0.05, 0) is 25.1 Å². The van der Waals surface area contributed by atoms with Crippen LogP contribution in [0.25, 0.3) is 0 Å². The van der Waals surface area contributed by atoms with Crippen LogP contribution in [0.4, 0.5) is 18.9 Å². The number of benzene rings is 1. The second kappa shape index (κ2) is 6.75. The van der Waals surface area contributed by atoms with Crippen LogP contribution in [0.1, 0.15) is 18.1 Å². The monoisotopic (exact) mass is 319 g/mol. The summed E-state index contributed by atoms with van der Waals surface area (Å²) < 4.78 is 38.2. The van der Waals surface area contributed by atoms with E-state index in [2.05, 4.69) is 5.32 Å². The van der Waals surface area contributed by atoms with Crippen molar-refractivity contribution in [2.24, 2.45) is 5.73 Å². The van der Waals surface area contributed by atoms with Crippen LogP contribution < -0.4 is 16.0 Å². The zero-order valence-corrected chi connectivity index (χ0v) is 12.4. The van der Waals surface area contributed by atoms with Crippen molar-refractivity contribution in [1.29, 1.82) is 0 Å². The van der Waals surface area contributed by atoms with Crippen LogP contribution in [0.5, 0.6) is 0 Å². The molecule has 0 spiro atoms. The Bertz CT molecular complexity index is 546. The third kappa shape index (κ3) is 4.32. The number of nitrogens with two attached hydrogens (primary N) is 1. The summed E-state index contributed by atoms with van der Waals surface area (Å²) in [5, 5.41) is 2.46. The molecule has 3 N–H and O–H groups in total. The van der Waals surface area contributed by atoms with Crippen LogP contribution in [-0.2, 0) is 11.0 Å². The number of hydrogen-bond acceptors (Lipinski definition) is 3. The molecule has 0 atom stereocenters. The number of anilines is 1. The van der Waals surface area contributed by atoms with Crippen molar-refractivity contribution in [1.82, 2.24) is 5.32 Å². The first kappa shape index (κ1) is 17.2. The largest absolute Gasteiger partial charge is 0.416 e. The summed E-state index contributed by atoms with van der Waals surface area (Å²) in [6.45, 7) is 2.21. The van der Waals surface area contributed by atoms with Gasteiger partial charge in [-0.2, -0.15) is 13.2 Å². The lowest BCUT2D eigenvalue weighted by molar-refractivity contribution is -0.137. The van der Waals surface area contributed by atoms with Crippen molar-refractivity contribution in [2.45, 2.75) is 13.1 Å². The summed E-state index contributed by atoms with van der Waals surface area (Å²) >= 11 is 4.82. The first-order valence-electron chi connectivity index (χ1n) is 6.17. The van der Waals surface area contributed by atoms with Gasteiger partial charge in [0.2, 0.25) is 5.91 Å². The van der Waals surface area contributed by atoms with E-state index in [0.717, 1.165) is 12.1 Å². The maximum absolute atomic E-state index is 12.7. The molecule has 0 bridgehead atoms. The number of halogens is 3. The fourth-order valence-corrected chi connectivity index (χ4v) is 1.97. The van der Waals surface area contributed by atoms with Gasteiger partial charge in [-0.15, -0.1) is 0 Å². The second-order valence-corrected chi connectivity index (χ2v) is 4.72. The van der Waals surface area contributed by atoms with Crippen LogP contribution in [0, 0.1) is 0 Å². The minimum atomic E-state index is -4.48. The number of amides is 1. The van der Waals surface area contributed by atoms with E-state index in [-0.39, 0.29) is 23.0 Å². The molecular formula is C13H16F3N3OS. The highest BCUT2D eigenvalue weighted by Gasteiger charge is 2.31. The molecule has 1 amide bonds. The van der Waals surface area contributed by atoms with Gasteiger partial charge in [-0.1, -0.05) is 12.2 Å². The van der Waals surface area contributed by atoms with Gasteiger partial charge in [0.1, 0.15) is 4.99 Å². The molecule has 0 saturated carbocycles. The third-order valence-electron chi connectivity index (χ3n) is 2.93. The maximum Gasteiger partial charge on any atom is 0.416 e. The Morgan fingerprint density at radius 3 is 2.48 bits per heavy atom. The molecule has 1 rings (SSSR count). The maximum atomic E-state index is 12.7. The highest BCUT2D eigenvalue weighted by Crippen LogP contribution is 2.32. The van der Waals surface area contributed by atoms with Gasteiger partial charge in [0.05, 0.1) is 12.1 Å². The van der Waals surface area contributed by atoms with E-state index >= 15 is 0 Å². The SMILES string of the molecule is CCN(CC(=O)NC)c1ccc(C(F)(F)F)cc1C(N)=S. The average molecular weight is 319 g/mol. The van der Waals surface area contributed by atoms with Gasteiger partial charge >= 0.3 is 6.18 Å².